The van der Waals surface area contributed by atoms with Crippen LogP contribution >= 0.6 is 11.3 Å². The molecule has 0 unspecified atom stereocenters. The Morgan fingerprint density at radius 1 is 1.07 bits per heavy atom. The van der Waals surface area contributed by atoms with E-state index in [0.29, 0.717) is 16.6 Å². The lowest BCUT2D eigenvalue weighted by Gasteiger charge is -2.24. The molecule has 3 aromatic rings. The number of carbonyl (C=O) groups is 2. The summed E-state index contributed by atoms with van der Waals surface area (Å²) < 4.78 is 5.32. The Morgan fingerprint density at radius 3 is 2.31 bits per heavy atom. The maximum absolute atomic E-state index is 13.1. The molecule has 0 bridgehead atoms. The average Bonchev–Trinajstić information content (AvgIpc) is 3.14. The number of ether oxygens (including phenoxy) is 1. The van der Waals surface area contributed by atoms with Crippen molar-refractivity contribution in [1.82, 2.24) is 4.98 Å². The van der Waals surface area contributed by atoms with Crippen molar-refractivity contribution in [2.75, 3.05) is 23.4 Å². The number of hydrogen-bond donors (Lipinski definition) is 1. The van der Waals surface area contributed by atoms with Gasteiger partial charge in [-0.1, -0.05) is 47.7 Å². The van der Waals surface area contributed by atoms with Crippen LogP contribution in [0, 0.1) is 0 Å². The van der Waals surface area contributed by atoms with Gasteiger partial charge in [0.1, 0.15) is 4.88 Å². The number of aromatic nitrogens is 1. The van der Waals surface area contributed by atoms with Crippen molar-refractivity contribution in [2.45, 2.75) is 19.8 Å². The highest BCUT2D eigenvalue weighted by molar-refractivity contribution is 7.17. The highest BCUT2D eigenvalue weighted by atomic mass is 32.1. The number of amides is 1. The Balaban J connectivity index is 1.55. The molecule has 1 aliphatic rings. The van der Waals surface area contributed by atoms with E-state index < -0.39 is 5.97 Å². The first-order chi connectivity index (χ1) is 14.2. The van der Waals surface area contributed by atoms with Crippen LogP contribution in [0.5, 0.6) is 0 Å². The highest BCUT2D eigenvalue weighted by Gasteiger charge is 2.26. The van der Waals surface area contributed by atoms with Gasteiger partial charge in [-0.05, 0) is 43.0 Å². The lowest BCUT2D eigenvalue weighted by molar-refractivity contribution is -0.120. The summed E-state index contributed by atoms with van der Waals surface area (Å²) in [5.74, 6) is -0.826. The number of fused-ring (bicyclic) bond motifs is 2. The normalized spacial score (nSPS) is 12.5. The lowest BCUT2D eigenvalue weighted by atomic mass is 10.0. The van der Waals surface area contributed by atoms with Crippen LogP contribution in [0.1, 0.15) is 27.7 Å². The van der Waals surface area contributed by atoms with Crippen LogP contribution in [0.4, 0.5) is 16.5 Å². The number of thiazole rings is 1. The molecule has 148 valence electrons. The summed E-state index contributed by atoms with van der Waals surface area (Å²) in [4.78, 5) is 31.7. The number of nitrogens with zero attached hydrogens (tertiary/aromatic N) is 2. The van der Waals surface area contributed by atoms with E-state index in [9.17, 15) is 9.59 Å². The van der Waals surface area contributed by atoms with Crippen LogP contribution in [0.15, 0.2) is 54.7 Å². The molecule has 2 aromatic carbocycles. The minimum atomic E-state index is -0.545. The fourth-order valence-electron chi connectivity index (χ4n) is 3.41. The van der Waals surface area contributed by atoms with E-state index in [1.807, 2.05) is 55.5 Å². The minimum Gasteiger partial charge on any atom is -0.451 e. The van der Waals surface area contributed by atoms with Gasteiger partial charge in [0.2, 0.25) is 0 Å². The van der Waals surface area contributed by atoms with Gasteiger partial charge in [-0.2, -0.15) is 0 Å². The van der Waals surface area contributed by atoms with Gasteiger partial charge in [-0.3, -0.25) is 9.69 Å². The first kappa shape index (κ1) is 19.1. The molecule has 1 aliphatic heterocycles. The van der Waals surface area contributed by atoms with Crippen molar-refractivity contribution >= 4 is 39.7 Å². The topological polar surface area (TPSA) is 71.5 Å². The van der Waals surface area contributed by atoms with Gasteiger partial charge in [0.15, 0.2) is 11.7 Å². The van der Waals surface area contributed by atoms with Gasteiger partial charge in [0.05, 0.1) is 17.6 Å². The second-order valence-electron chi connectivity index (χ2n) is 6.62. The second kappa shape index (κ2) is 8.45. The van der Waals surface area contributed by atoms with Crippen LogP contribution in [-0.2, 0) is 22.4 Å². The van der Waals surface area contributed by atoms with E-state index in [4.69, 9.17) is 4.74 Å². The summed E-state index contributed by atoms with van der Waals surface area (Å²) in [6.07, 6.45) is 3.17. The summed E-state index contributed by atoms with van der Waals surface area (Å²) in [7, 11) is 0. The van der Waals surface area contributed by atoms with E-state index in [0.717, 1.165) is 35.3 Å². The zero-order valence-corrected chi connectivity index (χ0v) is 16.9. The number of hydrogen-bond acceptors (Lipinski definition) is 6. The summed E-state index contributed by atoms with van der Waals surface area (Å²) in [6.45, 7) is 2.33. The molecule has 0 saturated heterocycles. The average molecular weight is 407 g/mol. The van der Waals surface area contributed by atoms with E-state index >= 15 is 0 Å². The molecule has 0 atom stereocenters. The molecule has 0 saturated carbocycles. The molecule has 6 nitrogen and oxygen atoms in total. The monoisotopic (exact) mass is 407 g/mol. The number of para-hydroxylation sites is 2. The van der Waals surface area contributed by atoms with Crippen molar-refractivity contribution in [3.05, 3.63) is 70.7 Å². The van der Waals surface area contributed by atoms with E-state index in [2.05, 4.69) is 10.3 Å². The Labute approximate surface area is 173 Å². The number of nitrogens with one attached hydrogen (secondary N) is 1. The molecule has 2 heterocycles. The Hall–Kier alpha value is -3.19. The summed E-state index contributed by atoms with van der Waals surface area (Å²) in [5, 5.41) is 3.71. The zero-order chi connectivity index (χ0) is 20.2. The number of benzene rings is 2. The first-order valence-corrected chi connectivity index (χ1v) is 10.3. The highest BCUT2D eigenvalue weighted by Crippen LogP contribution is 2.36. The third kappa shape index (κ3) is 4.00. The molecule has 1 N–H and O–H groups in total. The molecule has 7 heteroatoms. The molecule has 29 heavy (non-hydrogen) atoms. The van der Waals surface area contributed by atoms with Gasteiger partial charge in [0.25, 0.3) is 5.91 Å². The maximum atomic E-state index is 13.1. The van der Waals surface area contributed by atoms with Gasteiger partial charge in [-0.15, -0.1) is 0 Å². The fourth-order valence-corrected chi connectivity index (χ4v) is 4.19. The van der Waals surface area contributed by atoms with Gasteiger partial charge < -0.3 is 10.1 Å². The molecule has 0 radical (unpaired) electrons. The molecule has 0 fully saturated rings. The summed E-state index contributed by atoms with van der Waals surface area (Å²) in [5.41, 5.74) is 3.87. The van der Waals surface area contributed by atoms with Crippen molar-refractivity contribution in [2.24, 2.45) is 0 Å². The van der Waals surface area contributed by atoms with Gasteiger partial charge in [0, 0.05) is 6.54 Å². The zero-order valence-electron chi connectivity index (χ0n) is 16.1. The van der Waals surface area contributed by atoms with E-state index in [1.165, 1.54) is 17.5 Å². The molecule has 4 rings (SSSR count). The predicted octanol–water partition coefficient (Wildman–Crippen LogP) is 4.20. The first-order valence-electron chi connectivity index (χ1n) is 9.53. The predicted molar refractivity (Wildman–Crippen MR) is 114 cm³/mol. The Bertz CT molecular complexity index is 1000. The number of rotatable bonds is 5. The van der Waals surface area contributed by atoms with Crippen molar-refractivity contribution in [3.63, 3.8) is 0 Å². The molecule has 1 amide bonds. The lowest BCUT2D eigenvalue weighted by Crippen LogP contribution is -2.31. The number of aryl methyl sites for hydroxylation is 2. The quantitative estimate of drug-likeness (QED) is 0.642. The van der Waals surface area contributed by atoms with Crippen LogP contribution in [0.2, 0.25) is 0 Å². The molecule has 1 aromatic heterocycles. The van der Waals surface area contributed by atoms with Crippen molar-refractivity contribution < 1.29 is 14.3 Å². The van der Waals surface area contributed by atoms with Crippen LogP contribution in [0.25, 0.3) is 0 Å². The van der Waals surface area contributed by atoms with E-state index in [-0.39, 0.29) is 12.5 Å². The van der Waals surface area contributed by atoms with Crippen molar-refractivity contribution in [3.8, 4) is 0 Å². The summed E-state index contributed by atoms with van der Waals surface area (Å²) >= 11 is 1.21. The fraction of sp³-hybridized carbons (Fsp3) is 0.227. The molecule has 0 aliphatic carbocycles. The SMILES string of the molecule is CCNc1ncc(C(=O)OCC(=O)N2c3ccccc3CCc3ccccc32)s1. The van der Waals surface area contributed by atoms with Gasteiger partial charge >= 0.3 is 5.97 Å². The van der Waals surface area contributed by atoms with Gasteiger partial charge in [-0.25, -0.2) is 9.78 Å². The minimum absolute atomic E-state index is 0.281. The molecular formula is C22H21N3O3S. The van der Waals surface area contributed by atoms with Crippen LogP contribution < -0.4 is 10.2 Å². The third-order valence-corrected chi connectivity index (χ3v) is 5.67. The van der Waals surface area contributed by atoms with Crippen molar-refractivity contribution in [1.29, 1.82) is 0 Å². The number of anilines is 3. The number of carbonyl (C=O) groups excluding carboxylic acids is 2. The molecule has 0 spiro atoms. The standard InChI is InChI=1S/C22H21N3O3S/c1-2-23-22-24-13-19(29-22)21(27)28-14-20(26)25-17-9-5-3-7-15(17)11-12-16-8-4-6-10-18(16)25/h3-10,13H,2,11-12,14H2,1H3,(H,23,24). The smallest absolute Gasteiger partial charge is 0.350 e. The Morgan fingerprint density at radius 2 is 1.69 bits per heavy atom. The van der Waals surface area contributed by atoms with Crippen LogP contribution in [-0.4, -0.2) is 30.0 Å². The second-order valence-corrected chi connectivity index (χ2v) is 7.65. The Kier molecular flexibility index (Phi) is 5.57. The third-order valence-electron chi connectivity index (χ3n) is 4.74. The van der Waals surface area contributed by atoms with Crippen LogP contribution in [0.3, 0.4) is 0 Å². The molecular weight excluding hydrogens is 386 g/mol. The maximum Gasteiger partial charge on any atom is 0.350 e. The van der Waals surface area contributed by atoms with E-state index in [1.54, 1.807) is 4.90 Å². The summed E-state index contributed by atoms with van der Waals surface area (Å²) in [6, 6.07) is 15.7. The largest absolute Gasteiger partial charge is 0.451 e. The number of esters is 1.